The number of carbonyl (C=O) groups is 2. The maximum absolute atomic E-state index is 13.4. The van der Waals surface area contributed by atoms with Gasteiger partial charge in [-0.25, -0.2) is 0 Å². The Bertz CT molecular complexity index is 2440. The van der Waals surface area contributed by atoms with E-state index in [2.05, 4.69) is 118 Å². The second-order valence-corrected chi connectivity index (χ2v) is 20.7. The highest BCUT2D eigenvalue weighted by atomic mass is 33.1. The van der Waals surface area contributed by atoms with E-state index < -0.39 is 22.3 Å². The van der Waals surface area contributed by atoms with Gasteiger partial charge in [-0.15, -0.1) is 0 Å². The number of benzene rings is 3. The topological polar surface area (TPSA) is 123 Å². The van der Waals surface area contributed by atoms with E-state index in [0.29, 0.717) is 37.4 Å². The van der Waals surface area contributed by atoms with Crippen LogP contribution >= 0.6 is 21.6 Å². The second kappa shape index (κ2) is 19.3. The van der Waals surface area contributed by atoms with Crippen LogP contribution in [-0.4, -0.2) is 114 Å². The summed E-state index contributed by atoms with van der Waals surface area (Å²) in [5, 5.41) is 9.37. The number of allylic oxidation sites excluding steroid dienone is 3. The van der Waals surface area contributed by atoms with Gasteiger partial charge in [0.2, 0.25) is 0 Å². The van der Waals surface area contributed by atoms with E-state index in [1.165, 1.54) is 0 Å². The number of hydrogen-bond acceptors (Lipinski definition) is 12. The van der Waals surface area contributed by atoms with Crippen molar-refractivity contribution in [1.29, 1.82) is 0 Å². The van der Waals surface area contributed by atoms with Gasteiger partial charge < -0.3 is 40.1 Å². The summed E-state index contributed by atoms with van der Waals surface area (Å²) < 4.78 is 13.0. The summed E-state index contributed by atoms with van der Waals surface area (Å²) in [6, 6.07) is 20.2. The average Bonchev–Trinajstić information content (AvgIpc) is 4.03. The predicted molar refractivity (Wildman–Crippen MR) is 271 cm³/mol. The van der Waals surface area contributed by atoms with Gasteiger partial charge in [-0.1, -0.05) is 61.4 Å². The summed E-state index contributed by atoms with van der Waals surface area (Å²) in [5.41, 5.74) is 6.61. The molecule has 65 heavy (non-hydrogen) atoms. The van der Waals surface area contributed by atoms with Crippen molar-refractivity contribution in [3.8, 4) is 0 Å². The van der Waals surface area contributed by atoms with Gasteiger partial charge in [-0.05, 0) is 109 Å². The molecule has 3 aromatic rings. The standard InChI is InChI=1S/C51H62N8O4S2/c1-48(2)42-34-36(10-20-44(42)58-28-30-62-50(48,58)22-8-24-53-39-14-12-38(52-5)13-15-39)46(60)55-26-32-64-65-33-27-56-47(61)37-11-21-45-43(35-37)49(3,4)51(59(45)29-31-63-51)23-9-25-54-40-16-18-41(19-17-40)57(6)7/h8-14,16-25,34-35,39,52H,15,26-33H2,1-7H3,(H,55,60)(H,56,61)/b22-8+,23-9+,53-24?,54-25?. The number of fused-ring (bicyclic) bond motifs is 6. The van der Waals surface area contributed by atoms with E-state index >= 15 is 0 Å². The van der Waals surface area contributed by atoms with Gasteiger partial charge in [0.25, 0.3) is 11.8 Å². The lowest BCUT2D eigenvalue weighted by Gasteiger charge is -2.39. The second-order valence-electron chi connectivity index (χ2n) is 18.0. The molecule has 4 heterocycles. The third kappa shape index (κ3) is 8.90. The Morgan fingerprint density at radius 3 is 1.82 bits per heavy atom. The number of carbonyl (C=O) groups excluding carboxylic acids is 2. The molecule has 0 aromatic heterocycles. The highest BCUT2D eigenvalue weighted by Crippen LogP contribution is 2.56. The molecule has 3 aromatic carbocycles. The Kier molecular flexibility index (Phi) is 13.7. The van der Waals surface area contributed by atoms with Crippen molar-refractivity contribution in [3.05, 3.63) is 131 Å². The van der Waals surface area contributed by atoms with Crippen molar-refractivity contribution < 1.29 is 19.1 Å². The molecule has 0 saturated carbocycles. The van der Waals surface area contributed by atoms with Crippen LogP contribution in [0.1, 0.15) is 66.0 Å². The van der Waals surface area contributed by atoms with E-state index in [4.69, 9.17) is 14.5 Å². The molecule has 342 valence electrons. The highest BCUT2D eigenvalue weighted by molar-refractivity contribution is 8.76. The van der Waals surface area contributed by atoms with Crippen LogP contribution in [0.25, 0.3) is 0 Å². The largest absolute Gasteiger partial charge is 0.388 e. The Morgan fingerprint density at radius 1 is 0.785 bits per heavy atom. The minimum atomic E-state index is -0.677. The summed E-state index contributed by atoms with van der Waals surface area (Å²) in [4.78, 5) is 42.8. The molecule has 8 rings (SSSR count). The van der Waals surface area contributed by atoms with Crippen LogP contribution in [0.5, 0.6) is 0 Å². The molecule has 0 spiro atoms. The molecule has 2 amide bonds. The number of amides is 2. The first-order valence-corrected chi connectivity index (χ1v) is 25.0. The lowest BCUT2D eigenvalue weighted by molar-refractivity contribution is -0.000275. The molecule has 1 aliphatic carbocycles. The third-order valence-electron chi connectivity index (χ3n) is 13.4. The van der Waals surface area contributed by atoms with Crippen molar-refractivity contribution >= 4 is 68.6 Å². The Labute approximate surface area is 392 Å². The van der Waals surface area contributed by atoms with Gasteiger partial charge in [-0.3, -0.25) is 19.6 Å². The van der Waals surface area contributed by atoms with E-state index in [1.807, 2.05) is 82.1 Å². The van der Waals surface area contributed by atoms with Gasteiger partial charge in [0, 0.05) is 116 Å². The Morgan fingerprint density at radius 2 is 1.32 bits per heavy atom. The normalized spacial score (nSPS) is 23.6. The van der Waals surface area contributed by atoms with Gasteiger partial charge in [-0.2, -0.15) is 0 Å². The van der Waals surface area contributed by atoms with Crippen LogP contribution in [0.2, 0.25) is 0 Å². The molecular weight excluding hydrogens is 853 g/mol. The number of ether oxygens (including phenoxy) is 2. The molecule has 2 fully saturated rings. The van der Waals surface area contributed by atoms with Gasteiger partial charge >= 0.3 is 0 Å². The zero-order valence-corrected chi connectivity index (χ0v) is 40.2. The van der Waals surface area contributed by atoms with E-state index in [0.717, 1.165) is 70.6 Å². The number of rotatable bonds is 17. The number of nitrogens with zero attached hydrogens (tertiary/aromatic N) is 5. The summed E-state index contributed by atoms with van der Waals surface area (Å²) in [5.74, 6) is 1.29. The molecule has 3 unspecified atom stereocenters. The van der Waals surface area contributed by atoms with Gasteiger partial charge in [0.05, 0.1) is 24.9 Å². The SMILES string of the molecule is CNC1=CCC(N=C/C=C/C23OCCN2c2ccc(C(=O)NCCSSCCNC(=O)c4ccc5c(c4)C(C)(C)C4(/C=C/C=Nc6ccc(N(C)C)cc6)OCCN54)cc2C3(C)C)C=C1. The van der Waals surface area contributed by atoms with Crippen LogP contribution < -0.4 is 30.7 Å². The molecule has 4 aliphatic heterocycles. The minimum absolute atomic E-state index is 0.0931. The predicted octanol–water partition coefficient (Wildman–Crippen LogP) is 7.96. The molecular formula is C51H62N8O4S2. The van der Waals surface area contributed by atoms with E-state index in [9.17, 15) is 9.59 Å². The molecule has 0 radical (unpaired) electrons. The fourth-order valence-corrected chi connectivity index (χ4v) is 11.5. The zero-order valence-electron chi connectivity index (χ0n) is 38.6. The molecule has 14 heteroatoms. The smallest absolute Gasteiger partial charge is 0.251 e. The van der Waals surface area contributed by atoms with Gasteiger partial charge in [0.1, 0.15) is 0 Å². The quantitative estimate of drug-likeness (QED) is 0.0699. The summed E-state index contributed by atoms with van der Waals surface area (Å²) in [6.45, 7) is 12.6. The van der Waals surface area contributed by atoms with Gasteiger partial charge in [0.15, 0.2) is 11.4 Å². The molecule has 0 bridgehead atoms. The summed E-state index contributed by atoms with van der Waals surface area (Å²) in [7, 11) is 9.33. The van der Waals surface area contributed by atoms with E-state index in [-0.39, 0.29) is 17.9 Å². The molecule has 3 atom stereocenters. The lowest BCUT2D eigenvalue weighted by Crippen LogP contribution is -2.51. The highest BCUT2D eigenvalue weighted by Gasteiger charge is 2.60. The number of likely N-dealkylation sites (N-methyl/N-ethyl adjacent to an activating group) is 1. The fraction of sp³-hybridized carbons (Fsp3) is 0.412. The zero-order chi connectivity index (χ0) is 45.8. The average molecular weight is 915 g/mol. The number of aliphatic imine (C=N–C) groups is 2. The monoisotopic (exact) mass is 914 g/mol. The van der Waals surface area contributed by atoms with Crippen molar-refractivity contribution in [3.63, 3.8) is 0 Å². The summed E-state index contributed by atoms with van der Waals surface area (Å²) in [6.07, 6.45) is 19.1. The maximum atomic E-state index is 13.4. The Balaban J connectivity index is 0.780. The first-order chi connectivity index (χ1) is 31.3. The van der Waals surface area contributed by atoms with Crippen LogP contribution in [0.15, 0.2) is 119 Å². The van der Waals surface area contributed by atoms with Crippen molar-refractivity contribution in [2.24, 2.45) is 9.98 Å². The summed E-state index contributed by atoms with van der Waals surface area (Å²) >= 11 is 0. The van der Waals surface area contributed by atoms with Crippen LogP contribution in [0, 0.1) is 0 Å². The van der Waals surface area contributed by atoms with Crippen LogP contribution in [0.4, 0.5) is 22.7 Å². The van der Waals surface area contributed by atoms with Crippen molar-refractivity contribution in [2.45, 2.75) is 62.4 Å². The molecule has 3 N–H and O–H groups in total. The molecule has 2 saturated heterocycles. The first kappa shape index (κ1) is 46.3. The maximum Gasteiger partial charge on any atom is 0.251 e. The third-order valence-corrected chi connectivity index (χ3v) is 15.8. The molecule has 12 nitrogen and oxygen atoms in total. The minimum Gasteiger partial charge on any atom is -0.388 e. The first-order valence-electron chi connectivity index (χ1n) is 22.5. The fourth-order valence-electron chi connectivity index (χ4n) is 9.73. The van der Waals surface area contributed by atoms with Crippen LogP contribution in [0.3, 0.4) is 0 Å². The van der Waals surface area contributed by atoms with Crippen molar-refractivity contribution in [1.82, 2.24) is 16.0 Å². The molecule has 5 aliphatic rings. The number of hydrogen-bond donors (Lipinski definition) is 3. The van der Waals surface area contributed by atoms with E-state index in [1.54, 1.807) is 21.6 Å². The van der Waals surface area contributed by atoms with Crippen LogP contribution in [-0.2, 0) is 20.3 Å². The Hall–Kier alpha value is -5.28. The number of anilines is 3. The number of nitrogens with one attached hydrogen (secondary N) is 3. The van der Waals surface area contributed by atoms with Crippen molar-refractivity contribution in [2.75, 3.05) is 86.7 Å². The lowest BCUT2D eigenvalue weighted by atomic mass is 9.77.